The zero-order valence-electron chi connectivity index (χ0n) is 13.7. The Morgan fingerprint density at radius 1 is 1.36 bits per heavy atom. The first kappa shape index (κ1) is 15.6. The summed E-state index contributed by atoms with van der Waals surface area (Å²) in [5.74, 6) is -0.559. The molecule has 3 heterocycles. The number of ether oxygens (including phenoxy) is 1. The highest BCUT2D eigenvalue weighted by molar-refractivity contribution is 5.87. The zero-order chi connectivity index (χ0) is 17.6. The molecule has 0 spiro atoms. The van der Waals surface area contributed by atoms with Crippen LogP contribution in [0.1, 0.15) is 28.9 Å². The first-order valence-corrected chi connectivity index (χ1v) is 8.08. The van der Waals surface area contributed by atoms with Gasteiger partial charge in [-0.15, -0.1) is 0 Å². The van der Waals surface area contributed by atoms with Crippen molar-refractivity contribution in [3.8, 4) is 0 Å². The number of rotatable bonds is 4. The van der Waals surface area contributed by atoms with Crippen molar-refractivity contribution in [2.45, 2.75) is 25.0 Å². The van der Waals surface area contributed by atoms with Gasteiger partial charge >= 0.3 is 12.0 Å². The van der Waals surface area contributed by atoms with Crippen LogP contribution in [0.5, 0.6) is 0 Å². The Bertz CT molecular complexity index is 819. The number of carbonyl (C=O) groups is 2. The minimum atomic E-state index is -0.918. The Kier molecular flexibility index (Phi) is 3.69. The fourth-order valence-electron chi connectivity index (χ4n) is 3.47. The number of hydrogen-bond acceptors (Lipinski definition) is 5. The van der Waals surface area contributed by atoms with Crippen molar-refractivity contribution in [3.63, 3.8) is 0 Å². The van der Waals surface area contributed by atoms with Gasteiger partial charge in [0, 0.05) is 18.3 Å². The molecule has 1 aromatic carbocycles. The van der Waals surface area contributed by atoms with E-state index in [9.17, 15) is 14.8 Å². The Hall–Kier alpha value is -2.87. The smallest absolute Gasteiger partial charge is 0.345 e. The number of aryl methyl sites for hydroxylation is 2. The second-order valence-electron chi connectivity index (χ2n) is 6.19. The van der Waals surface area contributed by atoms with Gasteiger partial charge < -0.3 is 9.64 Å². The maximum Gasteiger partial charge on any atom is 0.345 e. The van der Waals surface area contributed by atoms with Crippen molar-refractivity contribution in [1.29, 1.82) is 0 Å². The lowest BCUT2D eigenvalue weighted by Crippen LogP contribution is -2.39. The lowest BCUT2D eigenvalue weighted by molar-refractivity contribution is -0.146. The van der Waals surface area contributed by atoms with Gasteiger partial charge in [0.05, 0.1) is 13.7 Å². The van der Waals surface area contributed by atoms with E-state index < -0.39 is 24.1 Å². The number of esters is 1. The molecule has 2 bridgehead atoms. The average Bonchev–Trinajstić information content (AvgIpc) is 3.17. The fourth-order valence-corrected chi connectivity index (χ4v) is 3.47. The third kappa shape index (κ3) is 2.45. The number of carbonyl (C=O) groups excluding carboxylic acids is 2. The van der Waals surface area contributed by atoms with Gasteiger partial charge in [-0.05, 0) is 12.0 Å². The van der Waals surface area contributed by atoms with Gasteiger partial charge in [0.25, 0.3) is 0 Å². The van der Waals surface area contributed by atoms with Crippen molar-refractivity contribution >= 4 is 12.0 Å². The molecule has 2 amide bonds. The van der Waals surface area contributed by atoms with Crippen LogP contribution in [0.3, 0.4) is 0 Å². The van der Waals surface area contributed by atoms with Crippen molar-refractivity contribution in [1.82, 2.24) is 19.7 Å². The quantitative estimate of drug-likeness (QED) is 0.672. The molecular weight excluding hydrogens is 324 g/mol. The van der Waals surface area contributed by atoms with E-state index in [4.69, 9.17) is 4.74 Å². The molecule has 130 valence electrons. The number of hydroxylamine groups is 2. The highest BCUT2D eigenvalue weighted by Gasteiger charge is 2.52. The standard InChI is InChI=1S/C17H18N4O4/c1-25-16(22)15-14-12(13-10-20(15)17(23)21(13)24)9-19(18-14)8-7-11-5-3-2-4-6-11/h2-6,9,13,15,24H,7-8,10H2,1H3/t13-,15-/m0/s1. The molecule has 1 N–H and O–H groups in total. The van der Waals surface area contributed by atoms with Crippen LogP contribution in [0.15, 0.2) is 36.5 Å². The first-order valence-electron chi connectivity index (χ1n) is 8.08. The van der Waals surface area contributed by atoms with Crippen molar-refractivity contribution < 1.29 is 19.5 Å². The molecule has 2 aromatic rings. The number of amides is 2. The largest absolute Gasteiger partial charge is 0.467 e. The number of nitrogens with zero attached hydrogens (tertiary/aromatic N) is 4. The molecule has 8 heteroatoms. The molecule has 0 radical (unpaired) electrons. The highest BCUT2D eigenvalue weighted by atomic mass is 16.5. The summed E-state index contributed by atoms with van der Waals surface area (Å²) in [4.78, 5) is 25.6. The van der Waals surface area contributed by atoms with Crippen molar-refractivity contribution in [2.75, 3.05) is 13.7 Å². The molecule has 2 aliphatic heterocycles. The summed E-state index contributed by atoms with van der Waals surface area (Å²) < 4.78 is 6.59. The van der Waals surface area contributed by atoms with E-state index >= 15 is 0 Å². The fraction of sp³-hybridized carbons (Fsp3) is 0.353. The maximum atomic E-state index is 12.2. The van der Waals surface area contributed by atoms with Crippen LogP contribution in [0.2, 0.25) is 0 Å². The van der Waals surface area contributed by atoms with E-state index in [-0.39, 0.29) is 6.54 Å². The third-order valence-electron chi connectivity index (χ3n) is 4.75. The summed E-state index contributed by atoms with van der Waals surface area (Å²) in [6.07, 6.45) is 2.60. The maximum absolute atomic E-state index is 12.2. The van der Waals surface area contributed by atoms with E-state index in [1.165, 1.54) is 17.6 Å². The molecule has 0 saturated carbocycles. The summed E-state index contributed by atoms with van der Waals surface area (Å²) >= 11 is 0. The Morgan fingerprint density at radius 3 is 2.84 bits per heavy atom. The van der Waals surface area contributed by atoms with E-state index in [0.717, 1.165) is 6.42 Å². The minimum Gasteiger partial charge on any atom is -0.467 e. The molecule has 0 unspecified atom stereocenters. The number of benzene rings is 1. The summed E-state index contributed by atoms with van der Waals surface area (Å²) in [5, 5.41) is 15.2. The molecule has 0 aliphatic carbocycles. The molecule has 1 fully saturated rings. The van der Waals surface area contributed by atoms with Crippen molar-refractivity contribution in [3.05, 3.63) is 53.3 Å². The van der Waals surface area contributed by atoms with E-state index in [0.29, 0.717) is 22.9 Å². The van der Waals surface area contributed by atoms with Gasteiger partial charge in [0.2, 0.25) is 0 Å². The van der Waals surface area contributed by atoms with Gasteiger partial charge in [-0.1, -0.05) is 30.3 Å². The molecule has 1 aromatic heterocycles. The monoisotopic (exact) mass is 342 g/mol. The molecule has 8 nitrogen and oxygen atoms in total. The summed E-state index contributed by atoms with van der Waals surface area (Å²) in [6, 6.07) is 8.00. The minimum absolute atomic E-state index is 0.243. The molecule has 2 aliphatic rings. The van der Waals surface area contributed by atoms with Gasteiger partial charge in [0.1, 0.15) is 11.7 Å². The first-order chi connectivity index (χ1) is 12.1. The van der Waals surface area contributed by atoms with Crippen LogP contribution in [0, 0.1) is 0 Å². The van der Waals surface area contributed by atoms with Gasteiger partial charge in [-0.2, -0.15) is 10.2 Å². The van der Waals surface area contributed by atoms with Crippen LogP contribution in [-0.2, 0) is 22.5 Å². The average molecular weight is 342 g/mol. The summed E-state index contributed by atoms with van der Waals surface area (Å²) in [6.45, 7) is 0.878. The number of hydrogen-bond donors (Lipinski definition) is 1. The molecule has 2 atom stereocenters. The number of methoxy groups -OCH3 is 1. The lowest BCUT2D eigenvalue weighted by atomic mass is 9.98. The SMILES string of the molecule is COC(=O)[C@@H]1c2nn(CCc3ccccc3)cc2[C@@H]2CN1C(=O)N2O. The van der Waals surface area contributed by atoms with E-state index in [2.05, 4.69) is 5.10 Å². The summed E-state index contributed by atoms with van der Waals surface area (Å²) in [7, 11) is 1.28. The summed E-state index contributed by atoms with van der Waals surface area (Å²) in [5.41, 5.74) is 2.35. The van der Waals surface area contributed by atoms with Gasteiger partial charge in [0.15, 0.2) is 6.04 Å². The Labute approximate surface area is 144 Å². The molecule has 4 rings (SSSR count). The van der Waals surface area contributed by atoms with Gasteiger partial charge in [-0.25, -0.2) is 9.59 Å². The van der Waals surface area contributed by atoms with Crippen LogP contribution in [0.25, 0.3) is 0 Å². The molecule has 25 heavy (non-hydrogen) atoms. The number of fused-ring (bicyclic) bond motifs is 4. The third-order valence-corrected chi connectivity index (χ3v) is 4.75. The van der Waals surface area contributed by atoms with E-state index in [1.807, 2.05) is 30.3 Å². The Balaban J connectivity index is 1.64. The van der Waals surface area contributed by atoms with Crippen LogP contribution in [-0.4, -0.2) is 50.6 Å². The zero-order valence-corrected chi connectivity index (χ0v) is 13.7. The normalized spacial score (nSPS) is 21.4. The highest BCUT2D eigenvalue weighted by Crippen LogP contribution is 2.42. The van der Waals surface area contributed by atoms with Crippen LogP contribution in [0.4, 0.5) is 4.79 Å². The number of urea groups is 1. The second-order valence-corrected chi connectivity index (χ2v) is 6.19. The van der Waals surface area contributed by atoms with Crippen LogP contribution < -0.4 is 0 Å². The molecular formula is C17H18N4O4. The topological polar surface area (TPSA) is 87.9 Å². The predicted octanol–water partition coefficient (Wildman–Crippen LogP) is 1.52. The second kappa shape index (κ2) is 5.89. The van der Waals surface area contributed by atoms with E-state index in [1.54, 1.807) is 10.9 Å². The van der Waals surface area contributed by atoms with Gasteiger partial charge in [-0.3, -0.25) is 9.89 Å². The molecule has 1 saturated heterocycles. The lowest BCUT2D eigenvalue weighted by Gasteiger charge is -2.27. The van der Waals surface area contributed by atoms with Crippen LogP contribution >= 0.6 is 0 Å². The van der Waals surface area contributed by atoms with Crippen molar-refractivity contribution in [2.24, 2.45) is 0 Å². The predicted molar refractivity (Wildman–Crippen MR) is 85.6 cm³/mol. The number of aromatic nitrogens is 2. The Morgan fingerprint density at radius 2 is 2.12 bits per heavy atom.